The third-order valence-electron chi connectivity index (χ3n) is 2.61. The molecular weight excluding hydrogens is 268 g/mol. The minimum absolute atomic E-state index is 0.401. The molecule has 0 bridgehead atoms. The SMILES string of the molecule is CC1=NOC(C)(C(=O)O/N=C/c2cccc(Cl)c2)C1. The number of rotatable bonds is 3. The molecule has 0 aliphatic carbocycles. The average Bonchev–Trinajstić information content (AvgIpc) is 2.71. The first-order valence-corrected chi connectivity index (χ1v) is 6.09. The Morgan fingerprint density at radius 2 is 2.42 bits per heavy atom. The first kappa shape index (κ1) is 13.5. The molecular formula is C13H13ClN2O3. The molecule has 0 saturated carbocycles. The molecule has 5 nitrogen and oxygen atoms in total. The minimum Gasteiger partial charge on any atom is -0.377 e. The summed E-state index contributed by atoms with van der Waals surface area (Å²) >= 11 is 5.82. The van der Waals surface area contributed by atoms with Gasteiger partial charge in [-0.25, -0.2) is 4.79 Å². The highest BCUT2D eigenvalue weighted by Crippen LogP contribution is 2.24. The van der Waals surface area contributed by atoms with Gasteiger partial charge in [-0.05, 0) is 31.5 Å². The number of hydrogen-bond donors (Lipinski definition) is 0. The third-order valence-corrected chi connectivity index (χ3v) is 2.85. The molecule has 1 aliphatic rings. The fourth-order valence-corrected chi connectivity index (χ4v) is 1.86. The topological polar surface area (TPSA) is 60.2 Å². The first-order valence-electron chi connectivity index (χ1n) is 5.72. The van der Waals surface area contributed by atoms with Gasteiger partial charge < -0.3 is 9.68 Å². The average molecular weight is 281 g/mol. The van der Waals surface area contributed by atoms with E-state index < -0.39 is 11.6 Å². The zero-order valence-electron chi connectivity index (χ0n) is 10.6. The van der Waals surface area contributed by atoms with Crippen LogP contribution in [0, 0.1) is 0 Å². The number of carbonyl (C=O) groups is 1. The predicted molar refractivity (Wildman–Crippen MR) is 72.4 cm³/mol. The summed E-state index contributed by atoms with van der Waals surface area (Å²) in [7, 11) is 0. The van der Waals surface area contributed by atoms with E-state index in [0.29, 0.717) is 11.4 Å². The van der Waals surface area contributed by atoms with Crippen molar-refractivity contribution in [2.75, 3.05) is 0 Å². The molecule has 1 aromatic carbocycles. The lowest BCUT2D eigenvalue weighted by Gasteiger charge is -2.16. The van der Waals surface area contributed by atoms with Crippen molar-refractivity contribution < 1.29 is 14.5 Å². The summed E-state index contributed by atoms with van der Waals surface area (Å²) in [5, 5.41) is 7.96. The van der Waals surface area contributed by atoms with Gasteiger partial charge in [0.05, 0.1) is 11.9 Å². The Hall–Kier alpha value is -1.88. The number of carbonyl (C=O) groups excluding carboxylic acids is 1. The molecule has 1 unspecified atom stereocenters. The largest absolute Gasteiger partial charge is 0.381 e. The Balaban J connectivity index is 1.94. The van der Waals surface area contributed by atoms with Gasteiger partial charge in [-0.3, -0.25) is 0 Å². The second kappa shape index (κ2) is 5.40. The molecule has 0 spiro atoms. The van der Waals surface area contributed by atoms with Gasteiger partial charge in [0, 0.05) is 11.4 Å². The van der Waals surface area contributed by atoms with E-state index in [1.54, 1.807) is 38.1 Å². The lowest BCUT2D eigenvalue weighted by molar-refractivity contribution is -0.167. The molecule has 6 heteroatoms. The van der Waals surface area contributed by atoms with Gasteiger partial charge >= 0.3 is 5.97 Å². The van der Waals surface area contributed by atoms with Crippen molar-refractivity contribution >= 4 is 29.5 Å². The van der Waals surface area contributed by atoms with E-state index in [0.717, 1.165) is 11.3 Å². The molecule has 1 aliphatic heterocycles. The quantitative estimate of drug-likeness (QED) is 0.486. The molecule has 19 heavy (non-hydrogen) atoms. The number of benzene rings is 1. The van der Waals surface area contributed by atoms with E-state index in [4.69, 9.17) is 21.3 Å². The normalized spacial score (nSPS) is 22.2. The first-order chi connectivity index (χ1) is 8.99. The van der Waals surface area contributed by atoms with Gasteiger partial charge in [-0.15, -0.1) is 0 Å². The smallest absolute Gasteiger partial charge is 0.377 e. The number of nitrogens with zero attached hydrogens (tertiary/aromatic N) is 2. The molecule has 2 rings (SSSR count). The predicted octanol–water partition coefficient (Wildman–Crippen LogP) is 2.77. The van der Waals surface area contributed by atoms with Gasteiger partial charge in [0.1, 0.15) is 0 Å². The van der Waals surface area contributed by atoms with Crippen molar-refractivity contribution in [1.29, 1.82) is 0 Å². The lowest BCUT2D eigenvalue weighted by Crippen LogP contribution is -2.36. The van der Waals surface area contributed by atoms with Crippen LogP contribution < -0.4 is 0 Å². The highest BCUT2D eigenvalue weighted by Gasteiger charge is 2.42. The lowest BCUT2D eigenvalue weighted by atomic mass is 10.0. The zero-order valence-corrected chi connectivity index (χ0v) is 11.3. The van der Waals surface area contributed by atoms with Crippen LogP contribution in [0.4, 0.5) is 0 Å². The van der Waals surface area contributed by atoms with Gasteiger partial charge in [0.2, 0.25) is 5.60 Å². The van der Waals surface area contributed by atoms with Crippen molar-refractivity contribution in [3.8, 4) is 0 Å². The summed E-state index contributed by atoms with van der Waals surface area (Å²) in [5.74, 6) is -0.577. The van der Waals surface area contributed by atoms with E-state index in [1.807, 2.05) is 0 Å². The number of halogens is 1. The third kappa shape index (κ3) is 3.32. The number of oxime groups is 2. The van der Waals surface area contributed by atoms with E-state index in [9.17, 15) is 4.79 Å². The maximum Gasteiger partial charge on any atom is 0.381 e. The second-order valence-electron chi connectivity index (χ2n) is 4.49. The van der Waals surface area contributed by atoms with E-state index in [2.05, 4.69) is 10.3 Å². The highest BCUT2D eigenvalue weighted by atomic mass is 35.5. The van der Waals surface area contributed by atoms with Crippen LogP contribution >= 0.6 is 11.6 Å². The fourth-order valence-electron chi connectivity index (χ4n) is 1.66. The molecule has 1 heterocycles. The molecule has 1 atom stereocenters. The fraction of sp³-hybridized carbons (Fsp3) is 0.308. The van der Waals surface area contributed by atoms with Crippen molar-refractivity contribution in [3.05, 3.63) is 34.9 Å². The van der Waals surface area contributed by atoms with Gasteiger partial charge in [-0.2, -0.15) is 0 Å². The summed E-state index contributed by atoms with van der Waals surface area (Å²) < 4.78 is 0. The van der Waals surface area contributed by atoms with Crippen LogP contribution in [0.2, 0.25) is 5.02 Å². The minimum atomic E-state index is -1.09. The van der Waals surface area contributed by atoms with Crippen LogP contribution in [0.25, 0.3) is 0 Å². The molecule has 0 radical (unpaired) electrons. The van der Waals surface area contributed by atoms with E-state index in [1.165, 1.54) is 6.21 Å². The molecule has 0 amide bonds. The van der Waals surface area contributed by atoms with Crippen LogP contribution in [0.5, 0.6) is 0 Å². The van der Waals surface area contributed by atoms with Crippen LogP contribution in [0.1, 0.15) is 25.8 Å². The Morgan fingerprint density at radius 1 is 1.63 bits per heavy atom. The Bertz CT molecular complexity index is 557. The Morgan fingerprint density at radius 3 is 3.05 bits per heavy atom. The second-order valence-corrected chi connectivity index (χ2v) is 4.93. The molecule has 1 aromatic rings. The summed E-state index contributed by atoms with van der Waals surface area (Å²) in [6, 6.07) is 7.03. The van der Waals surface area contributed by atoms with Crippen molar-refractivity contribution in [2.24, 2.45) is 10.3 Å². The number of hydrogen-bond acceptors (Lipinski definition) is 5. The summed E-state index contributed by atoms with van der Waals surface area (Å²) in [5.41, 5.74) is 0.402. The summed E-state index contributed by atoms with van der Waals surface area (Å²) in [4.78, 5) is 21.7. The van der Waals surface area contributed by atoms with Gasteiger partial charge in [0.25, 0.3) is 0 Å². The van der Waals surface area contributed by atoms with Crippen LogP contribution in [0.15, 0.2) is 34.6 Å². The maximum atomic E-state index is 11.8. The van der Waals surface area contributed by atoms with Gasteiger partial charge in [-0.1, -0.05) is 34.0 Å². The van der Waals surface area contributed by atoms with Crippen molar-refractivity contribution in [3.63, 3.8) is 0 Å². The van der Waals surface area contributed by atoms with Crippen LogP contribution in [-0.4, -0.2) is 23.5 Å². The highest BCUT2D eigenvalue weighted by molar-refractivity contribution is 6.30. The molecule has 0 fully saturated rings. The van der Waals surface area contributed by atoms with E-state index >= 15 is 0 Å². The zero-order chi connectivity index (χ0) is 13.9. The van der Waals surface area contributed by atoms with E-state index in [-0.39, 0.29) is 0 Å². The maximum absolute atomic E-state index is 11.8. The Kier molecular flexibility index (Phi) is 3.85. The van der Waals surface area contributed by atoms with Crippen molar-refractivity contribution in [1.82, 2.24) is 0 Å². The standard InChI is InChI=1S/C13H13ClN2O3/c1-9-7-13(2,19-16-9)12(17)18-15-8-10-4-3-5-11(14)6-10/h3-6,8H,7H2,1-2H3/b15-8+. The summed E-state index contributed by atoms with van der Waals surface area (Å²) in [6.07, 6.45) is 1.81. The monoisotopic (exact) mass is 280 g/mol. The van der Waals surface area contributed by atoms with Gasteiger partial charge in [0.15, 0.2) is 0 Å². The molecule has 100 valence electrons. The van der Waals surface area contributed by atoms with Crippen molar-refractivity contribution in [2.45, 2.75) is 25.9 Å². The molecule has 0 saturated heterocycles. The Labute approximate surface area is 115 Å². The molecule has 0 aromatic heterocycles. The van der Waals surface area contributed by atoms with Crippen LogP contribution in [-0.2, 0) is 14.5 Å². The summed E-state index contributed by atoms with van der Waals surface area (Å²) in [6.45, 7) is 3.40. The van der Waals surface area contributed by atoms with Crippen LogP contribution in [0.3, 0.4) is 0 Å². The molecule has 0 N–H and O–H groups in total.